The van der Waals surface area contributed by atoms with Crippen LogP contribution in [-0.4, -0.2) is 74.3 Å². The summed E-state index contributed by atoms with van der Waals surface area (Å²) in [6.07, 6.45) is 1.23. The fourth-order valence-corrected chi connectivity index (χ4v) is 6.80. The maximum absolute atomic E-state index is 16.2. The van der Waals surface area contributed by atoms with E-state index in [9.17, 15) is 18.8 Å². The number of hydrogen-bond donors (Lipinski definition) is 1. The van der Waals surface area contributed by atoms with E-state index in [2.05, 4.69) is 10.3 Å². The molecular weight excluding hydrogens is 604 g/mol. The molecular formula is C32H35F2N5O5S. The quantitative estimate of drug-likeness (QED) is 0.253. The van der Waals surface area contributed by atoms with Gasteiger partial charge in [0.25, 0.3) is 5.91 Å². The summed E-state index contributed by atoms with van der Waals surface area (Å²) in [5.74, 6) is -1.54. The smallest absolute Gasteiger partial charge is 0.413 e. The molecule has 2 aliphatic rings. The summed E-state index contributed by atoms with van der Waals surface area (Å²) < 4.78 is 44.1. The number of ether oxygens (including phenoxy) is 2. The summed E-state index contributed by atoms with van der Waals surface area (Å²) in [5.41, 5.74) is 0.113. The molecule has 0 spiro atoms. The van der Waals surface area contributed by atoms with Crippen LogP contribution in [0.25, 0.3) is 32.2 Å². The molecule has 0 aliphatic carbocycles. The van der Waals surface area contributed by atoms with Gasteiger partial charge in [-0.1, -0.05) is 11.3 Å². The highest BCUT2D eigenvalue weighted by molar-refractivity contribution is 7.22. The second-order valence-electron chi connectivity index (χ2n) is 13.3. The Bertz CT molecular complexity index is 1850. The number of halogens is 2. The number of nitrogens with one attached hydrogen (secondary N) is 1. The van der Waals surface area contributed by atoms with Crippen molar-refractivity contribution in [2.45, 2.75) is 71.8 Å². The number of carbonyl (C=O) groups is 3. The highest BCUT2D eigenvalue weighted by Crippen LogP contribution is 2.42. The average Bonchev–Trinajstić information content (AvgIpc) is 3.54. The van der Waals surface area contributed by atoms with Gasteiger partial charge in [-0.25, -0.2) is 23.4 Å². The Morgan fingerprint density at radius 1 is 0.978 bits per heavy atom. The number of anilines is 1. The van der Waals surface area contributed by atoms with Gasteiger partial charge in [0.2, 0.25) is 0 Å². The summed E-state index contributed by atoms with van der Waals surface area (Å²) in [6.45, 7) is 12.0. The molecule has 1 fully saturated rings. The number of aromatic nitrogens is 2. The number of nitrogens with zero attached hydrogens (tertiary/aromatic N) is 4. The van der Waals surface area contributed by atoms with Crippen molar-refractivity contribution >= 4 is 55.7 Å². The van der Waals surface area contributed by atoms with Gasteiger partial charge in [0.05, 0.1) is 27.3 Å². The topological polar surface area (TPSA) is 106 Å². The maximum Gasteiger partial charge on any atom is 0.413 e. The molecule has 1 saturated heterocycles. The Morgan fingerprint density at radius 3 is 2.42 bits per heavy atom. The zero-order chi connectivity index (χ0) is 32.4. The predicted octanol–water partition coefficient (Wildman–Crippen LogP) is 7.01. The first-order valence-corrected chi connectivity index (χ1v) is 15.6. The van der Waals surface area contributed by atoms with E-state index in [0.717, 1.165) is 11.3 Å². The summed E-state index contributed by atoms with van der Waals surface area (Å²) in [7, 11) is 0. The molecule has 10 nitrogen and oxygen atoms in total. The number of rotatable bonds is 2. The monoisotopic (exact) mass is 639 g/mol. The molecule has 2 aromatic carbocycles. The van der Waals surface area contributed by atoms with Crippen molar-refractivity contribution in [2.24, 2.45) is 0 Å². The highest BCUT2D eigenvalue weighted by atomic mass is 32.1. The Kier molecular flexibility index (Phi) is 7.50. The number of hydrogen-bond acceptors (Lipinski definition) is 7. The third-order valence-electron chi connectivity index (χ3n) is 7.70. The fourth-order valence-electron chi connectivity index (χ4n) is 5.92. The molecule has 1 unspecified atom stereocenters. The molecule has 0 saturated carbocycles. The Hall–Kier alpha value is -4.26. The van der Waals surface area contributed by atoms with Gasteiger partial charge < -0.3 is 23.8 Å². The van der Waals surface area contributed by atoms with Crippen LogP contribution in [-0.2, 0) is 16.0 Å². The minimum absolute atomic E-state index is 0.109. The van der Waals surface area contributed by atoms with E-state index < -0.39 is 35.0 Å². The minimum Gasteiger partial charge on any atom is -0.444 e. The maximum atomic E-state index is 16.2. The average molecular weight is 640 g/mol. The van der Waals surface area contributed by atoms with E-state index in [1.54, 1.807) is 36.6 Å². The van der Waals surface area contributed by atoms with Gasteiger partial charge >= 0.3 is 12.2 Å². The summed E-state index contributed by atoms with van der Waals surface area (Å²) in [5, 5.41) is 3.15. The van der Waals surface area contributed by atoms with Gasteiger partial charge in [-0.05, 0) is 72.2 Å². The molecule has 4 aromatic rings. The Morgan fingerprint density at radius 2 is 1.71 bits per heavy atom. The van der Waals surface area contributed by atoms with Crippen LogP contribution in [0.2, 0.25) is 0 Å². The number of amides is 3. The van der Waals surface area contributed by atoms with E-state index in [1.165, 1.54) is 18.2 Å². The summed E-state index contributed by atoms with van der Waals surface area (Å²) >= 11 is 0.923. The summed E-state index contributed by atoms with van der Waals surface area (Å²) in [4.78, 5) is 46.9. The van der Waals surface area contributed by atoms with Gasteiger partial charge in [0.15, 0.2) is 5.13 Å². The largest absolute Gasteiger partial charge is 0.444 e. The third-order valence-corrected chi connectivity index (χ3v) is 8.68. The molecule has 6 rings (SSSR count). The van der Waals surface area contributed by atoms with Crippen LogP contribution in [0, 0.1) is 11.6 Å². The molecule has 13 heteroatoms. The molecule has 4 heterocycles. The second-order valence-corrected chi connectivity index (χ2v) is 14.3. The lowest BCUT2D eigenvalue weighted by molar-refractivity contribution is 0.00286. The minimum atomic E-state index is -0.744. The van der Waals surface area contributed by atoms with Crippen molar-refractivity contribution in [3.8, 4) is 11.1 Å². The van der Waals surface area contributed by atoms with E-state index in [0.29, 0.717) is 49.1 Å². The van der Waals surface area contributed by atoms with Gasteiger partial charge in [-0.15, -0.1) is 0 Å². The van der Waals surface area contributed by atoms with Crippen molar-refractivity contribution in [3.63, 3.8) is 0 Å². The zero-order valence-corrected chi connectivity index (χ0v) is 26.8. The molecule has 2 aromatic heterocycles. The van der Waals surface area contributed by atoms with Gasteiger partial charge in [-0.2, -0.15) is 0 Å². The van der Waals surface area contributed by atoms with Gasteiger partial charge in [-0.3, -0.25) is 10.1 Å². The van der Waals surface area contributed by atoms with Gasteiger partial charge in [0.1, 0.15) is 22.8 Å². The third kappa shape index (κ3) is 5.92. The molecule has 1 atom stereocenters. The van der Waals surface area contributed by atoms with Crippen LogP contribution < -0.4 is 5.32 Å². The van der Waals surface area contributed by atoms with E-state index in [-0.39, 0.29) is 38.4 Å². The van der Waals surface area contributed by atoms with Crippen LogP contribution in [0.3, 0.4) is 0 Å². The lowest BCUT2D eigenvalue weighted by atomic mass is 9.95. The lowest BCUT2D eigenvalue weighted by Gasteiger charge is -2.42. The van der Waals surface area contributed by atoms with Crippen LogP contribution in [0.1, 0.15) is 58.3 Å². The first kappa shape index (κ1) is 30.8. The highest BCUT2D eigenvalue weighted by Gasteiger charge is 2.37. The second kappa shape index (κ2) is 11.0. The number of carbonyl (C=O) groups excluding carboxylic acids is 3. The standard InChI is InChI=1S/C32H35F2N5O5S/c1-31(2,3)43-29(41)36-28-35-24-18(7-8-21(33)26(24)45-28)23-19-10-12-37-11-9-17-16-38(30(42)44-32(4,5)6)13-14-39(17)27(40)20(25(19)37)15-22(23)34/h7-8,10,12,15,17H,9,11,13-14,16H2,1-6H3,(H,35,36,41). The van der Waals surface area contributed by atoms with Crippen molar-refractivity contribution < 1.29 is 32.6 Å². The van der Waals surface area contributed by atoms with Gasteiger partial charge in [0, 0.05) is 48.9 Å². The number of aryl methyl sites for hydroxylation is 1. The zero-order valence-electron chi connectivity index (χ0n) is 26.0. The van der Waals surface area contributed by atoms with E-state index >= 15 is 4.39 Å². The number of benzene rings is 2. The number of fused-ring (bicyclic) bond motifs is 2. The lowest BCUT2D eigenvalue weighted by Crippen LogP contribution is -2.57. The SMILES string of the molecule is CC(C)(C)OC(=O)Nc1nc2c(-c3c(F)cc4c5c3ccn5CCC3CN(C(=O)OC(C)(C)C)CCN3C4=O)ccc(F)c2s1. The molecule has 0 radical (unpaired) electrons. The molecule has 1 N–H and O–H groups in total. The Labute approximate surface area is 262 Å². The normalized spacial score (nSPS) is 17.2. The first-order valence-electron chi connectivity index (χ1n) is 14.8. The molecule has 2 aliphatic heterocycles. The van der Waals surface area contributed by atoms with E-state index in [1.807, 2.05) is 31.5 Å². The van der Waals surface area contributed by atoms with E-state index in [4.69, 9.17) is 9.47 Å². The van der Waals surface area contributed by atoms with Crippen molar-refractivity contribution in [2.75, 3.05) is 25.0 Å². The molecule has 0 bridgehead atoms. The molecule has 3 amide bonds. The van der Waals surface area contributed by atoms with Crippen LogP contribution in [0.15, 0.2) is 30.5 Å². The van der Waals surface area contributed by atoms with Crippen molar-refractivity contribution in [1.29, 1.82) is 0 Å². The van der Waals surface area contributed by atoms with Crippen LogP contribution in [0.5, 0.6) is 0 Å². The number of piperazine rings is 1. The molecule has 45 heavy (non-hydrogen) atoms. The fraction of sp³-hybridized carbons (Fsp3) is 0.438. The predicted molar refractivity (Wildman–Crippen MR) is 168 cm³/mol. The van der Waals surface area contributed by atoms with Crippen molar-refractivity contribution in [3.05, 3.63) is 47.7 Å². The molecule has 238 valence electrons. The number of thiazole rings is 1. The van der Waals surface area contributed by atoms with Crippen molar-refractivity contribution in [1.82, 2.24) is 19.4 Å². The first-order chi connectivity index (χ1) is 21.1. The van der Waals surface area contributed by atoms with Crippen LogP contribution >= 0.6 is 11.3 Å². The van der Waals surface area contributed by atoms with Crippen LogP contribution in [0.4, 0.5) is 23.5 Å². The summed E-state index contributed by atoms with van der Waals surface area (Å²) in [6, 6.07) is 5.42. The Balaban J connectivity index is 1.37.